The molecular formula is C20H26N4O3. The lowest BCUT2D eigenvalue weighted by molar-refractivity contribution is 0.00270. The van der Waals surface area contributed by atoms with Crippen molar-refractivity contribution in [2.45, 2.75) is 63.6 Å². The van der Waals surface area contributed by atoms with Gasteiger partial charge in [0, 0.05) is 31.3 Å². The fourth-order valence-corrected chi connectivity index (χ4v) is 4.24. The van der Waals surface area contributed by atoms with Crippen LogP contribution < -0.4 is 0 Å². The minimum absolute atomic E-state index is 0.0505. The average molecular weight is 370 g/mol. The van der Waals surface area contributed by atoms with Gasteiger partial charge in [0.2, 0.25) is 0 Å². The number of hydrogen-bond acceptors (Lipinski definition) is 5. The molecule has 0 radical (unpaired) electrons. The van der Waals surface area contributed by atoms with Gasteiger partial charge in [0.1, 0.15) is 5.76 Å². The number of rotatable bonds is 5. The van der Waals surface area contributed by atoms with E-state index in [1.165, 1.54) is 25.7 Å². The van der Waals surface area contributed by atoms with Gasteiger partial charge in [-0.1, -0.05) is 18.0 Å². The molecule has 0 saturated heterocycles. The first-order chi connectivity index (χ1) is 13.3. The molecule has 2 aromatic rings. The zero-order valence-electron chi connectivity index (χ0n) is 15.5. The molecule has 27 heavy (non-hydrogen) atoms. The summed E-state index contributed by atoms with van der Waals surface area (Å²) in [7, 11) is 0. The Morgan fingerprint density at radius 1 is 1.22 bits per heavy atom. The number of ether oxygens (including phenoxy) is 1. The predicted octanol–water partition coefficient (Wildman–Crippen LogP) is 2.98. The van der Waals surface area contributed by atoms with E-state index < -0.39 is 0 Å². The van der Waals surface area contributed by atoms with Crippen LogP contribution in [0.5, 0.6) is 0 Å². The third-order valence-corrected chi connectivity index (χ3v) is 6.01. The van der Waals surface area contributed by atoms with Crippen molar-refractivity contribution in [3.8, 4) is 0 Å². The molecule has 7 nitrogen and oxygen atoms in total. The first kappa shape index (κ1) is 17.0. The van der Waals surface area contributed by atoms with Gasteiger partial charge in [-0.05, 0) is 37.7 Å². The summed E-state index contributed by atoms with van der Waals surface area (Å²) in [5.41, 5.74) is 1.43. The average Bonchev–Trinajstić information content (AvgIpc) is 3.08. The Kier molecular flexibility index (Phi) is 4.47. The van der Waals surface area contributed by atoms with Gasteiger partial charge in [-0.25, -0.2) is 0 Å². The predicted molar refractivity (Wildman–Crippen MR) is 97.1 cm³/mol. The van der Waals surface area contributed by atoms with Crippen molar-refractivity contribution in [1.29, 1.82) is 0 Å². The van der Waals surface area contributed by atoms with Crippen LogP contribution in [0.4, 0.5) is 0 Å². The van der Waals surface area contributed by atoms with E-state index in [0.29, 0.717) is 37.2 Å². The van der Waals surface area contributed by atoms with Crippen molar-refractivity contribution in [2.75, 3.05) is 13.2 Å². The minimum Gasteiger partial charge on any atom is -0.374 e. The standard InChI is InChI=1S/C20H26N4O3/c25-20(18-9-19(27-22-18)15-5-6-15)23-10-16-7-8-21-24(16)12-17(11-23)26-13-14-3-1-2-4-14/h7-9,14-15,17H,1-6,10-13H2/t17-/m1/s1. The van der Waals surface area contributed by atoms with E-state index in [9.17, 15) is 4.79 Å². The number of amides is 1. The molecule has 0 unspecified atom stereocenters. The quantitative estimate of drug-likeness (QED) is 0.809. The summed E-state index contributed by atoms with van der Waals surface area (Å²) in [4.78, 5) is 14.9. The summed E-state index contributed by atoms with van der Waals surface area (Å²) in [6.45, 7) is 2.54. The Morgan fingerprint density at radius 3 is 2.89 bits per heavy atom. The highest BCUT2D eigenvalue weighted by Gasteiger charge is 2.32. The zero-order valence-corrected chi connectivity index (χ0v) is 15.5. The maximum atomic E-state index is 13.1. The fourth-order valence-electron chi connectivity index (χ4n) is 4.24. The van der Waals surface area contributed by atoms with E-state index in [0.717, 1.165) is 30.9 Å². The molecule has 0 aromatic carbocycles. The van der Waals surface area contributed by atoms with Crippen molar-refractivity contribution < 1.29 is 14.1 Å². The van der Waals surface area contributed by atoms with E-state index in [2.05, 4.69) is 10.3 Å². The number of carbonyl (C=O) groups is 1. The molecule has 2 saturated carbocycles. The second kappa shape index (κ2) is 7.11. The first-order valence-electron chi connectivity index (χ1n) is 10.1. The normalized spacial score (nSPS) is 23.4. The molecule has 144 valence electrons. The number of nitrogens with zero attached hydrogens (tertiary/aromatic N) is 4. The molecule has 5 rings (SSSR count). The Balaban J connectivity index is 1.31. The Morgan fingerprint density at radius 2 is 2.07 bits per heavy atom. The molecule has 2 aliphatic carbocycles. The van der Waals surface area contributed by atoms with Crippen LogP contribution in [-0.2, 0) is 17.8 Å². The lowest BCUT2D eigenvalue weighted by atomic mass is 10.1. The lowest BCUT2D eigenvalue weighted by Gasteiger charge is -2.24. The smallest absolute Gasteiger partial charge is 0.276 e. The van der Waals surface area contributed by atoms with Crippen molar-refractivity contribution >= 4 is 5.91 Å². The third-order valence-electron chi connectivity index (χ3n) is 6.01. The van der Waals surface area contributed by atoms with E-state index in [4.69, 9.17) is 9.26 Å². The Labute approximate surface area is 158 Å². The van der Waals surface area contributed by atoms with Crippen LogP contribution in [0.15, 0.2) is 22.9 Å². The molecular weight excluding hydrogens is 344 g/mol. The molecule has 2 fully saturated rings. The largest absolute Gasteiger partial charge is 0.374 e. The van der Waals surface area contributed by atoms with Crippen LogP contribution in [0.3, 0.4) is 0 Å². The van der Waals surface area contributed by atoms with Gasteiger partial charge in [-0.2, -0.15) is 5.10 Å². The monoisotopic (exact) mass is 370 g/mol. The third kappa shape index (κ3) is 3.65. The van der Waals surface area contributed by atoms with Gasteiger partial charge in [0.25, 0.3) is 5.91 Å². The molecule has 0 bridgehead atoms. The zero-order chi connectivity index (χ0) is 18.2. The minimum atomic E-state index is -0.0882. The van der Waals surface area contributed by atoms with E-state index in [1.54, 1.807) is 6.20 Å². The van der Waals surface area contributed by atoms with Gasteiger partial charge < -0.3 is 14.2 Å². The topological polar surface area (TPSA) is 73.4 Å². The van der Waals surface area contributed by atoms with Crippen LogP contribution in [0.2, 0.25) is 0 Å². The second-order valence-corrected chi connectivity index (χ2v) is 8.18. The van der Waals surface area contributed by atoms with Gasteiger partial charge >= 0.3 is 0 Å². The molecule has 3 aliphatic rings. The highest BCUT2D eigenvalue weighted by molar-refractivity contribution is 5.92. The van der Waals surface area contributed by atoms with Crippen molar-refractivity contribution in [3.63, 3.8) is 0 Å². The Hall–Kier alpha value is -2.15. The van der Waals surface area contributed by atoms with Crippen molar-refractivity contribution in [3.05, 3.63) is 35.5 Å². The van der Waals surface area contributed by atoms with Crippen LogP contribution in [0, 0.1) is 5.92 Å². The lowest BCUT2D eigenvalue weighted by Crippen LogP contribution is -2.38. The first-order valence-corrected chi connectivity index (χ1v) is 10.1. The van der Waals surface area contributed by atoms with Gasteiger partial charge in [0.05, 0.1) is 24.9 Å². The molecule has 1 atom stereocenters. The highest BCUT2D eigenvalue weighted by atomic mass is 16.5. The van der Waals surface area contributed by atoms with Crippen LogP contribution in [0.1, 0.15) is 66.4 Å². The van der Waals surface area contributed by atoms with E-state index >= 15 is 0 Å². The SMILES string of the molecule is O=C(c1cc(C2CC2)on1)N1Cc2ccnn2C[C@H](OCC2CCCC2)C1. The summed E-state index contributed by atoms with van der Waals surface area (Å²) >= 11 is 0. The highest BCUT2D eigenvalue weighted by Crippen LogP contribution is 2.40. The number of carbonyl (C=O) groups excluding carboxylic acids is 1. The second-order valence-electron chi connectivity index (χ2n) is 8.18. The molecule has 0 N–H and O–H groups in total. The molecule has 2 aromatic heterocycles. The summed E-state index contributed by atoms with van der Waals surface area (Å²) in [5, 5.41) is 8.44. The molecule has 0 spiro atoms. The van der Waals surface area contributed by atoms with Crippen LogP contribution >= 0.6 is 0 Å². The molecule has 1 amide bonds. The number of fused-ring (bicyclic) bond motifs is 1. The van der Waals surface area contributed by atoms with Crippen molar-refractivity contribution in [1.82, 2.24) is 19.8 Å². The van der Waals surface area contributed by atoms with E-state index in [1.807, 2.05) is 21.7 Å². The maximum absolute atomic E-state index is 13.1. The molecule has 1 aliphatic heterocycles. The maximum Gasteiger partial charge on any atom is 0.276 e. The van der Waals surface area contributed by atoms with Crippen LogP contribution in [-0.4, -0.2) is 45.0 Å². The van der Waals surface area contributed by atoms with Gasteiger partial charge in [0.15, 0.2) is 5.69 Å². The van der Waals surface area contributed by atoms with Gasteiger partial charge in [-0.3, -0.25) is 9.48 Å². The summed E-state index contributed by atoms with van der Waals surface area (Å²) < 4.78 is 13.6. The fraction of sp³-hybridized carbons (Fsp3) is 0.650. The van der Waals surface area contributed by atoms with Crippen LogP contribution in [0.25, 0.3) is 0 Å². The number of hydrogen-bond donors (Lipinski definition) is 0. The molecule has 7 heteroatoms. The van der Waals surface area contributed by atoms with Gasteiger partial charge in [-0.15, -0.1) is 0 Å². The summed E-state index contributed by atoms with van der Waals surface area (Å²) in [6, 6.07) is 3.79. The number of aromatic nitrogens is 3. The van der Waals surface area contributed by atoms with Crippen molar-refractivity contribution in [2.24, 2.45) is 5.92 Å². The summed E-state index contributed by atoms with van der Waals surface area (Å²) in [5.74, 6) is 1.86. The Bertz CT molecular complexity index is 804. The summed E-state index contributed by atoms with van der Waals surface area (Å²) in [6.07, 6.45) is 9.12. The van der Waals surface area contributed by atoms with E-state index in [-0.39, 0.29) is 12.0 Å². The molecule has 3 heterocycles.